The van der Waals surface area contributed by atoms with Gasteiger partial charge in [-0.3, -0.25) is 0 Å². The van der Waals surface area contributed by atoms with Gasteiger partial charge in [0.05, 0.1) is 6.20 Å². The summed E-state index contributed by atoms with van der Waals surface area (Å²) in [5, 5.41) is 11.0. The molecule has 1 N–H and O–H groups in total. The second-order valence-electron chi connectivity index (χ2n) is 5.75. The Morgan fingerprint density at radius 3 is 2.82 bits per heavy atom. The Balaban J connectivity index is 1.65. The predicted molar refractivity (Wildman–Crippen MR) is 84.2 cm³/mol. The minimum atomic E-state index is -0.232. The molecule has 2 aromatic rings. The lowest BCUT2D eigenvalue weighted by molar-refractivity contribution is 0.436. The molecule has 6 heteroatoms. The second-order valence-corrected chi connectivity index (χ2v) is 5.75. The van der Waals surface area contributed by atoms with Crippen LogP contribution in [-0.4, -0.2) is 28.3 Å². The zero-order chi connectivity index (χ0) is 15.4. The molecule has 5 nitrogen and oxygen atoms in total. The highest BCUT2D eigenvalue weighted by atomic mass is 19.1. The first-order valence-corrected chi connectivity index (χ1v) is 7.64. The van der Waals surface area contributed by atoms with Crippen LogP contribution < -0.4 is 10.2 Å². The molecule has 0 spiro atoms. The number of piperidine rings is 1. The van der Waals surface area contributed by atoms with Crippen molar-refractivity contribution in [3.63, 3.8) is 0 Å². The van der Waals surface area contributed by atoms with Gasteiger partial charge in [0, 0.05) is 25.2 Å². The van der Waals surface area contributed by atoms with Gasteiger partial charge in [-0.05, 0) is 24.8 Å². The molecule has 116 valence electrons. The molecule has 1 aliphatic rings. The Morgan fingerprint density at radius 1 is 1.27 bits per heavy atom. The summed E-state index contributed by atoms with van der Waals surface area (Å²) in [7, 11) is 0. The van der Waals surface area contributed by atoms with Crippen molar-refractivity contribution in [3.05, 3.63) is 41.8 Å². The van der Waals surface area contributed by atoms with E-state index in [2.05, 4.69) is 32.3 Å². The number of halogens is 1. The highest BCUT2D eigenvalue weighted by Gasteiger charge is 2.17. The highest BCUT2D eigenvalue weighted by molar-refractivity contribution is 5.41. The molecule has 1 aromatic carbocycles. The van der Waals surface area contributed by atoms with E-state index < -0.39 is 0 Å². The summed E-state index contributed by atoms with van der Waals surface area (Å²) in [5.41, 5.74) is 0.586. The van der Waals surface area contributed by atoms with Crippen molar-refractivity contribution in [3.8, 4) is 0 Å². The van der Waals surface area contributed by atoms with Gasteiger partial charge in [0.25, 0.3) is 0 Å². The third-order valence-corrected chi connectivity index (χ3v) is 4.05. The number of benzene rings is 1. The first kappa shape index (κ1) is 14.7. The lowest BCUT2D eigenvalue weighted by atomic mass is 9.99. The highest BCUT2D eigenvalue weighted by Crippen LogP contribution is 2.21. The topological polar surface area (TPSA) is 53.9 Å². The van der Waals surface area contributed by atoms with Gasteiger partial charge in [-0.25, -0.2) is 4.39 Å². The maximum atomic E-state index is 13.6. The number of rotatable bonds is 4. The van der Waals surface area contributed by atoms with Gasteiger partial charge < -0.3 is 10.2 Å². The van der Waals surface area contributed by atoms with Gasteiger partial charge in [-0.1, -0.05) is 25.1 Å². The van der Waals surface area contributed by atoms with Crippen LogP contribution in [0.5, 0.6) is 0 Å². The van der Waals surface area contributed by atoms with Crippen molar-refractivity contribution in [1.82, 2.24) is 15.2 Å². The lowest BCUT2D eigenvalue weighted by Crippen LogP contribution is -2.33. The number of nitrogens with zero attached hydrogens (tertiary/aromatic N) is 4. The Morgan fingerprint density at radius 2 is 2.05 bits per heavy atom. The van der Waals surface area contributed by atoms with Gasteiger partial charge in [0.1, 0.15) is 5.82 Å². The van der Waals surface area contributed by atoms with E-state index in [9.17, 15) is 4.39 Å². The molecule has 2 heterocycles. The molecule has 22 heavy (non-hydrogen) atoms. The Labute approximate surface area is 129 Å². The quantitative estimate of drug-likeness (QED) is 0.941. The molecular formula is C16H20FN5. The molecule has 1 fully saturated rings. The molecule has 0 bridgehead atoms. The summed E-state index contributed by atoms with van der Waals surface area (Å²) < 4.78 is 13.6. The van der Waals surface area contributed by atoms with Gasteiger partial charge in [-0.2, -0.15) is 10.1 Å². The van der Waals surface area contributed by atoms with Crippen LogP contribution in [-0.2, 0) is 6.54 Å². The van der Waals surface area contributed by atoms with Crippen molar-refractivity contribution in [1.29, 1.82) is 0 Å². The van der Waals surface area contributed by atoms with E-state index in [0.29, 0.717) is 18.1 Å². The summed E-state index contributed by atoms with van der Waals surface area (Å²) in [6.07, 6.45) is 4.02. The minimum absolute atomic E-state index is 0.232. The summed E-state index contributed by atoms with van der Waals surface area (Å²) in [6.45, 7) is 4.60. The zero-order valence-corrected chi connectivity index (χ0v) is 12.7. The molecule has 0 atom stereocenters. The maximum Gasteiger partial charge on any atom is 0.244 e. The van der Waals surface area contributed by atoms with E-state index >= 15 is 0 Å². The molecule has 0 aliphatic carbocycles. The molecule has 3 rings (SSSR count). The molecule has 1 aromatic heterocycles. The van der Waals surface area contributed by atoms with Crippen LogP contribution in [0.25, 0.3) is 0 Å². The SMILES string of the molecule is CC1CCN(c2cnnc(NCc3ccccc3F)n2)CC1. The standard InChI is InChI=1S/C16H20FN5/c1-12-6-8-22(9-7-12)15-11-19-21-16(20-15)18-10-13-4-2-3-5-14(13)17/h2-5,11-12H,6-10H2,1H3,(H,18,20,21). The molecule has 0 unspecified atom stereocenters. The van der Waals surface area contributed by atoms with E-state index in [0.717, 1.165) is 24.8 Å². The van der Waals surface area contributed by atoms with Crippen LogP contribution in [0.15, 0.2) is 30.5 Å². The predicted octanol–water partition coefficient (Wildman–Crippen LogP) is 2.86. The fourth-order valence-corrected chi connectivity index (χ4v) is 2.58. The van der Waals surface area contributed by atoms with Crippen molar-refractivity contribution < 1.29 is 4.39 Å². The molecule has 0 radical (unpaired) electrons. The largest absolute Gasteiger partial charge is 0.355 e. The average molecular weight is 301 g/mol. The van der Waals surface area contributed by atoms with E-state index in [1.807, 2.05) is 6.07 Å². The zero-order valence-electron chi connectivity index (χ0n) is 12.7. The molecule has 1 saturated heterocycles. The van der Waals surface area contributed by atoms with Crippen LogP contribution in [0.3, 0.4) is 0 Å². The van der Waals surface area contributed by atoms with Gasteiger partial charge in [0.2, 0.25) is 5.95 Å². The van der Waals surface area contributed by atoms with Gasteiger partial charge in [-0.15, -0.1) is 5.10 Å². The van der Waals surface area contributed by atoms with E-state index in [1.165, 1.54) is 18.9 Å². The first-order chi connectivity index (χ1) is 10.7. The summed E-state index contributed by atoms with van der Waals surface area (Å²) in [5.74, 6) is 1.80. The van der Waals surface area contributed by atoms with Crippen LogP contribution in [0.2, 0.25) is 0 Å². The summed E-state index contributed by atoms with van der Waals surface area (Å²) in [4.78, 5) is 6.71. The van der Waals surface area contributed by atoms with Crippen LogP contribution in [0.1, 0.15) is 25.3 Å². The lowest BCUT2D eigenvalue weighted by Gasteiger charge is -2.30. The van der Waals surface area contributed by atoms with Gasteiger partial charge in [0.15, 0.2) is 5.82 Å². The molecule has 1 aliphatic heterocycles. The Bertz CT molecular complexity index is 625. The maximum absolute atomic E-state index is 13.6. The van der Waals surface area contributed by atoms with E-state index in [1.54, 1.807) is 18.3 Å². The number of hydrogen-bond acceptors (Lipinski definition) is 5. The summed E-state index contributed by atoms with van der Waals surface area (Å²) in [6, 6.07) is 6.67. The first-order valence-electron chi connectivity index (χ1n) is 7.64. The average Bonchev–Trinajstić information content (AvgIpc) is 2.55. The molecule has 0 saturated carbocycles. The molecule has 0 amide bonds. The van der Waals surface area contributed by atoms with Crippen LogP contribution in [0.4, 0.5) is 16.2 Å². The Kier molecular flexibility index (Phi) is 4.46. The van der Waals surface area contributed by atoms with Crippen molar-refractivity contribution in [2.45, 2.75) is 26.3 Å². The number of hydrogen-bond donors (Lipinski definition) is 1. The van der Waals surface area contributed by atoms with Crippen LogP contribution >= 0.6 is 0 Å². The number of nitrogens with one attached hydrogen (secondary N) is 1. The second kappa shape index (κ2) is 6.68. The van der Waals surface area contributed by atoms with Crippen molar-refractivity contribution >= 4 is 11.8 Å². The minimum Gasteiger partial charge on any atom is -0.355 e. The van der Waals surface area contributed by atoms with E-state index in [-0.39, 0.29) is 5.82 Å². The summed E-state index contributed by atoms with van der Waals surface area (Å²) >= 11 is 0. The Hall–Kier alpha value is -2.24. The van der Waals surface area contributed by atoms with Crippen molar-refractivity contribution in [2.75, 3.05) is 23.3 Å². The fourth-order valence-electron chi connectivity index (χ4n) is 2.58. The fraction of sp³-hybridized carbons (Fsp3) is 0.438. The monoisotopic (exact) mass is 301 g/mol. The third kappa shape index (κ3) is 3.50. The number of anilines is 2. The number of aromatic nitrogens is 3. The van der Waals surface area contributed by atoms with Gasteiger partial charge >= 0.3 is 0 Å². The smallest absolute Gasteiger partial charge is 0.244 e. The van der Waals surface area contributed by atoms with Crippen molar-refractivity contribution in [2.24, 2.45) is 5.92 Å². The van der Waals surface area contributed by atoms with E-state index in [4.69, 9.17) is 0 Å². The van der Waals surface area contributed by atoms with Crippen LogP contribution in [0, 0.1) is 11.7 Å². The third-order valence-electron chi connectivity index (χ3n) is 4.05. The molecular weight excluding hydrogens is 281 g/mol. The normalized spacial score (nSPS) is 15.8.